The normalized spacial score (nSPS) is 13.8. The van der Waals surface area contributed by atoms with Gasteiger partial charge in [-0.05, 0) is 28.7 Å². The fourth-order valence-electron chi connectivity index (χ4n) is 3.90. The minimum absolute atomic E-state index is 0.0587. The lowest BCUT2D eigenvalue weighted by molar-refractivity contribution is -0.141. The molecule has 0 aromatic heterocycles. The van der Waals surface area contributed by atoms with Gasteiger partial charge in [0, 0.05) is 24.8 Å². The average Bonchev–Trinajstić information content (AvgIpc) is 3.10. The molecule has 7 heteroatoms. The topological polar surface area (TPSA) is 105 Å². The lowest BCUT2D eigenvalue weighted by Crippen LogP contribution is -2.44. The second kappa shape index (κ2) is 10.5. The first-order chi connectivity index (χ1) is 15.4. The van der Waals surface area contributed by atoms with Gasteiger partial charge in [-0.3, -0.25) is 4.79 Å². The molecule has 0 saturated heterocycles. The second-order valence-corrected chi connectivity index (χ2v) is 7.65. The summed E-state index contributed by atoms with van der Waals surface area (Å²) in [6, 6.07) is 14.5. The van der Waals surface area contributed by atoms with Crippen molar-refractivity contribution in [1.29, 1.82) is 0 Å². The van der Waals surface area contributed by atoms with Crippen molar-refractivity contribution in [2.24, 2.45) is 0 Å². The lowest BCUT2D eigenvalue weighted by atomic mass is 9.98. The number of aliphatic carboxylic acids is 1. The molecular formula is C25H26N2O5. The number of rotatable bonds is 9. The van der Waals surface area contributed by atoms with E-state index in [1.807, 2.05) is 43.3 Å². The number of carbonyl (C=O) groups excluding carboxylic acids is 2. The summed E-state index contributed by atoms with van der Waals surface area (Å²) >= 11 is 0. The zero-order valence-electron chi connectivity index (χ0n) is 17.8. The summed E-state index contributed by atoms with van der Waals surface area (Å²) in [6.07, 6.45) is 4.81. The van der Waals surface area contributed by atoms with Gasteiger partial charge in [0.25, 0.3) is 0 Å². The van der Waals surface area contributed by atoms with E-state index in [-0.39, 0.29) is 25.4 Å². The molecule has 3 N–H and O–H groups in total. The van der Waals surface area contributed by atoms with E-state index in [4.69, 9.17) is 16.3 Å². The Morgan fingerprint density at radius 1 is 1.06 bits per heavy atom. The van der Waals surface area contributed by atoms with Crippen LogP contribution in [0.5, 0.6) is 0 Å². The minimum Gasteiger partial charge on any atom is -0.480 e. The molecule has 2 aromatic rings. The summed E-state index contributed by atoms with van der Waals surface area (Å²) in [5.74, 6) is 0.466. The molecule has 0 bridgehead atoms. The van der Waals surface area contributed by atoms with E-state index in [1.54, 1.807) is 0 Å². The molecule has 1 unspecified atom stereocenters. The maximum absolute atomic E-state index is 12.4. The summed E-state index contributed by atoms with van der Waals surface area (Å²) in [5.41, 5.74) is 4.50. The number of hydrogen-bond donors (Lipinski definition) is 3. The number of carboxylic acids is 1. The first-order valence-electron chi connectivity index (χ1n) is 10.5. The lowest BCUT2D eigenvalue weighted by Gasteiger charge is -2.19. The van der Waals surface area contributed by atoms with Crippen molar-refractivity contribution in [2.45, 2.75) is 44.2 Å². The molecule has 0 radical (unpaired) electrons. The molecule has 1 aliphatic carbocycles. The van der Waals surface area contributed by atoms with Crippen molar-refractivity contribution in [3.05, 3.63) is 59.7 Å². The van der Waals surface area contributed by atoms with Gasteiger partial charge in [-0.25, -0.2) is 9.59 Å². The largest absolute Gasteiger partial charge is 0.480 e. The Labute approximate surface area is 187 Å². The maximum Gasteiger partial charge on any atom is 0.407 e. The summed E-state index contributed by atoms with van der Waals surface area (Å²) < 4.78 is 5.51. The number of hydrogen-bond acceptors (Lipinski definition) is 4. The molecule has 1 aliphatic rings. The highest BCUT2D eigenvalue weighted by atomic mass is 16.5. The van der Waals surface area contributed by atoms with Crippen LogP contribution >= 0.6 is 0 Å². The van der Waals surface area contributed by atoms with E-state index in [2.05, 4.69) is 28.7 Å². The molecule has 0 saturated carbocycles. The smallest absolute Gasteiger partial charge is 0.407 e. The van der Waals surface area contributed by atoms with E-state index in [0.717, 1.165) is 22.3 Å². The number of carbonyl (C=O) groups is 3. The van der Waals surface area contributed by atoms with Gasteiger partial charge in [0.15, 0.2) is 0 Å². The van der Waals surface area contributed by atoms with Gasteiger partial charge in [-0.1, -0.05) is 55.5 Å². The monoisotopic (exact) mass is 434 g/mol. The van der Waals surface area contributed by atoms with Crippen LogP contribution in [0.4, 0.5) is 4.79 Å². The maximum atomic E-state index is 12.4. The summed E-state index contributed by atoms with van der Waals surface area (Å²) in [5, 5.41) is 14.2. The van der Waals surface area contributed by atoms with Crippen LogP contribution in [0.1, 0.15) is 43.2 Å². The van der Waals surface area contributed by atoms with Gasteiger partial charge < -0.3 is 20.5 Å². The van der Waals surface area contributed by atoms with Gasteiger partial charge >= 0.3 is 12.1 Å². The van der Waals surface area contributed by atoms with Crippen molar-refractivity contribution in [1.82, 2.24) is 10.6 Å². The van der Waals surface area contributed by atoms with Crippen LogP contribution in [0.2, 0.25) is 0 Å². The fraction of sp³-hybridized carbons (Fsp3) is 0.320. The number of carboxylic acid groups (broad SMARTS) is 1. The van der Waals surface area contributed by atoms with Crippen LogP contribution < -0.4 is 10.6 Å². The van der Waals surface area contributed by atoms with Crippen molar-refractivity contribution >= 4 is 18.0 Å². The minimum atomic E-state index is -1.20. The number of ether oxygens (including phenoxy) is 1. The number of benzene rings is 2. The molecule has 32 heavy (non-hydrogen) atoms. The van der Waals surface area contributed by atoms with Crippen LogP contribution in [-0.2, 0) is 14.3 Å². The Morgan fingerprint density at radius 2 is 1.66 bits per heavy atom. The molecule has 2 amide bonds. The highest BCUT2D eigenvalue weighted by molar-refractivity contribution is 5.84. The Kier molecular flexibility index (Phi) is 7.50. The van der Waals surface area contributed by atoms with E-state index < -0.39 is 30.1 Å². The van der Waals surface area contributed by atoms with Crippen LogP contribution in [0.3, 0.4) is 0 Å². The van der Waals surface area contributed by atoms with E-state index >= 15 is 0 Å². The SMILES string of the molecule is C#CCC(NC(=O)C[C@@H](CC)NC(=O)OCC1c2ccccc2-c2ccccc21)C(=O)O. The van der Waals surface area contributed by atoms with Gasteiger partial charge in [-0.2, -0.15) is 0 Å². The third kappa shape index (κ3) is 5.27. The molecular weight excluding hydrogens is 408 g/mol. The average molecular weight is 434 g/mol. The number of terminal acetylenes is 1. The molecule has 0 aliphatic heterocycles. The van der Waals surface area contributed by atoms with E-state index in [1.165, 1.54) is 0 Å². The van der Waals surface area contributed by atoms with Gasteiger partial charge in [0.1, 0.15) is 12.6 Å². The molecule has 166 valence electrons. The van der Waals surface area contributed by atoms with Crippen molar-refractivity contribution in [3.63, 3.8) is 0 Å². The Balaban J connectivity index is 1.57. The van der Waals surface area contributed by atoms with Gasteiger partial charge in [0.2, 0.25) is 5.91 Å². The van der Waals surface area contributed by atoms with Crippen LogP contribution in [-0.4, -0.2) is 41.8 Å². The molecule has 2 atom stereocenters. The fourth-order valence-corrected chi connectivity index (χ4v) is 3.90. The zero-order chi connectivity index (χ0) is 23.1. The number of amides is 2. The van der Waals surface area contributed by atoms with E-state index in [0.29, 0.717) is 6.42 Å². The number of nitrogens with one attached hydrogen (secondary N) is 2. The van der Waals surface area contributed by atoms with Crippen molar-refractivity contribution in [3.8, 4) is 23.5 Å². The highest BCUT2D eigenvalue weighted by Gasteiger charge is 2.29. The summed E-state index contributed by atoms with van der Waals surface area (Å²) in [7, 11) is 0. The molecule has 0 spiro atoms. The first-order valence-corrected chi connectivity index (χ1v) is 10.5. The van der Waals surface area contributed by atoms with Crippen LogP contribution in [0.15, 0.2) is 48.5 Å². The highest BCUT2D eigenvalue weighted by Crippen LogP contribution is 2.44. The summed E-state index contributed by atoms with van der Waals surface area (Å²) in [6.45, 7) is 1.99. The van der Waals surface area contributed by atoms with E-state index in [9.17, 15) is 14.4 Å². The molecule has 7 nitrogen and oxygen atoms in total. The number of alkyl carbamates (subject to hydrolysis) is 1. The van der Waals surface area contributed by atoms with Crippen LogP contribution in [0.25, 0.3) is 11.1 Å². The standard InChI is InChI=1S/C25H26N2O5/c1-3-9-22(24(29)30)27-23(28)14-16(4-2)26-25(31)32-15-21-19-12-7-5-10-17(19)18-11-6-8-13-20(18)21/h1,5-8,10-13,16,21-22H,4,9,14-15H2,2H3,(H,26,31)(H,27,28)(H,29,30)/t16-,22?/m1/s1. The molecule has 0 heterocycles. The zero-order valence-corrected chi connectivity index (χ0v) is 17.8. The Hall–Kier alpha value is -3.79. The molecule has 3 rings (SSSR count). The number of fused-ring (bicyclic) bond motifs is 3. The first kappa shape index (κ1) is 22.9. The third-order valence-electron chi connectivity index (χ3n) is 5.55. The predicted molar refractivity (Wildman–Crippen MR) is 120 cm³/mol. The quantitative estimate of drug-likeness (QED) is 0.526. The van der Waals surface area contributed by atoms with Crippen molar-refractivity contribution < 1.29 is 24.2 Å². The predicted octanol–water partition coefficient (Wildman–Crippen LogP) is 3.29. The van der Waals surface area contributed by atoms with Crippen molar-refractivity contribution in [2.75, 3.05) is 6.61 Å². The summed E-state index contributed by atoms with van der Waals surface area (Å²) in [4.78, 5) is 35.8. The second-order valence-electron chi connectivity index (χ2n) is 7.65. The molecule has 0 fully saturated rings. The van der Waals surface area contributed by atoms with Gasteiger partial charge in [-0.15, -0.1) is 12.3 Å². The Bertz CT molecular complexity index is 997. The van der Waals surface area contributed by atoms with Crippen LogP contribution in [0, 0.1) is 12.3 Å². The Morgan fingerprint density at radius 3 is 2.19 bits per heavy atom. The molecule has 2 aromatic carbocycles. The van der Waals surface area contributed by atoms with Gasteiger partial charge in [0.05, 0.1) is 0 Å². The third-order valence-corrected chi connectivity index (χ3v) is 5.55.